The zero-order valence-electron chi connectivity index (χ0n) is 11.3. The minimum absolute atomic E-state index is 0.242. The van der Waals surface area contributed by atoms with Gasteiger partial charge in [0.15, 0.2) is 0 Å². The summed E-state index contributed by atoms with van der Waals surface area (Å²) in [6.45, 7) is 6.08. The predicted molar refractivity (Wildman–Crippen MR) is 63.9 cm³/mol. The van der Waals surface area contributed by atoms with Crippen LogP contribution in [0.5, 0.6) is 0 Å². The number of ether oxygens (including phenoxy) is 2. The van der Waals surface area contributed by atoms with Crippen molar-refractivity contribution in [3.63, 3.8) is 0 Å². The number of amides is 2. The van der Waals surface area contributed by atoms with E-state index in [-0.39, 0.29) is 6.61 Å². The Hall–Kier alpha value is -1.79. The average molecular weight is 260 g/mol. The van der Waals surface area contributed by atoms with Crippen LogP contribution in [0.4, 0.5) is 4.79 Å². The highest BCUT2D eigenvalue weighted by molar-refractivity contribution is 5.85. The molecule has 7 nitrogen and oxygen atoms in total. The Labute approximate surface area is 106 Å². The standard InChI is InChI=1S/C11H20N2O5/c1-7(14)17-6-8(9(15)12-5)13-10(16)18-11(2,3)4/h8H,6H2,1-5H3,(H,12,15)(H,13,16)/t8-/m0/s1. The first-order valence-corrected chi connectivity index (χ1v) is 5.50. The highest BCUT2D eigenvalue weighted by atomic mass is 16.6. The summed E-state index contributed by atoms with van der Waals surface area (Å²) in [6, 6.07) is -0.978. The molecule has 0 fully saturated rings. The van der Waals surface area contributed by atoms with E-state index in [0.29, 0.717) is 0 Å². The molecule has 0 aliphatic rings. The van der Waals surface area contributed by atoms with Gasteiger partial charge < -0.3 is 20.1 Å². The van der Waals surface area contributed by atoms with Gasteiger partial charge in [-0.05, 0) is 20.8 Å². The quantitative estimate of drug-likeness (QED) is 0.704. The molecule has 0 aliphatic heterocycles. The van der Waals surface area contributed by atoms with Gasteiger partial charge in [0, 0.05) is 14.0 Å². The number of alkyl carbamates (subject to hydrolysis) is 1. The first-order chi connectivity index (χ1) is 8.15. The lowest BCUT2D eigenvalue weighted by Crippen LogP contribution is -2.50. The molecule has 0 bridgehead atoms. The molecular formula is C11H20N2O5. The van der Waals surface area contributed by atoms with Crippen LogP contribution in [0.1, 0.15) is 27.7 Å². The second kappa shape index (κ2) is 6.83. The molecule has 0 aromatic heterocycles. The summed E-state index contributed by atoms with van der Waals surface area (Å²) in [6.07, 6.45) is -0.747. The van der Waals surface area contributed by atoms with Gasteiger partial charge >= 0.3 is 12.1 Å². The number of carbonyl (C=O) groups excluding carboxylic acids is 3. The van der Waals surface area contributed by atoms with Crippen LogP contribution in [0.15, 0.2) is 0 Å². The molecule has 0 aromatic carbocycles. The maximum atomic E-state index is 11.5. The van der Waals surface area contributed by atoms with Gasteiger partial charge in [0.05, 0.1) is 0 Å². The van der Waals surface area contributed by atoms with Gasteiger partial charge in [0.1, 0.15) is 18.2 Å². The van der Waals surface area contributed by atoms with Gasteiger partial charge in [-0.15, -0.1) is 0 Å². The van der Waals surface area contributed by atoms with Gasteiger partial charge in [-0.1, -0.05) is 0 Å². The van der Waals surface area contributed by atoms with Gasteiger partial charge in [0.2, 0.25) is 5.91 Å². The number of likely N-dealkylation sites (N-methyl/N-ethyl adjacent to an activating group) is 1. The van der Waals surface area contributed by atoms with Crippen molar-refractivity contribution in [1.82, 2.24) is 10.6 Å². The van der Waals surface area contributed by atoms with E-state index in [4.69, 9.17) is 4.74 Å². The van der Waals surface area contributed by atoms with Crippen LogP contribution in [0.25, 0.3) is 0 Å². The number of nitrogens with one attached hydrogen (secondary N) is 2. The molecule has 0 aromatic rings. The van der Waals surface area contributed by atoms with Crippen molar-refractivity contribution in [3.8, 4) is 0 Å². The lowest BCUT2D eigenvalue weighted by Gasteiger charge is -2.22. The maximum Gasteiger partial charge on any atom is 0.408 e. The lowest BCUT2D eigenvalue weighted by molar-refractivity contribution is -0.142. The number of hydrogen-bond acceptors (Lipinski definition) is 5. The fourth-order valence-electron chi connectivity index (χ4n) is 1.01. The van der Waals surface area contributed by atoms with Crippen LogP contribution in [0.3, 0.4) is 0 Å². The molecule has 0 spiro atoms. The SMILES string of the molecule is CNC(=O)[C@H](COC(C)=O)NC(=O)OC(C)(C)C. The lowest BCUT2D eigenvalue weighted by atomic mass is 10.2. The zero-order chi connectivity index (χ0) is 14.3. The van der Waals surface area contributed by atoms with Gasteiger partial charge in [0.25, 0.3) is 0 Å². The normalized spacial score (nSPS) is 12.3. The fourth-order valence-corrected chi connectivity index (χ4v) is 1.01. The van der Waals surface area contributed by atoms with E-state index in [1.807, 2.05) is 0 Å². The summed E-state index contributed by atoms with van der Waals surface area (Å²) >= 11 is 0. The van der Waals surface area contributed by atoms with Crippen LogP contribution in [0, 0.1) is 0 Å². The van der Waals surface area contributed by atoms with E-state index in [1.165, 1.54) is 14.0 Å². The second-order valence-electron chi connectivity index (χ2n) is 4.62. The molecule has 0 saturated heterocycles. The summed E-state index contributed by atoms with van der Waals surface area (Å²) in [7, 11) is 1.42. The molecule has 18 heavy (non-hydrogen) atoms. The second-order valence-corrected chi connectivity index (χ2v) is 4.62. The monoisotopic (exact) mass is 260 g/mol. The van der Waals surface area contributed by atoms with Crippen molar-refractivity contribution in [2.45, 2.75) is 39.3 Å². The smallest absolute Gasteiger partial charge is 0.408 e. The van der Waals surface area contributed by atoms with E-state index >= 15 is 0 Å². The number of esters is 1. The zero-order valence-corrected chi connectivity index (χ0v) is 11.3. The number of hydrogen-bond donors (Lipinski definition) is 2. The number of carbonyl (C=O) groups is 3. The van der Waals surface area contributed by atoms with Crippen molar-refractivity contribution in [2.24, 2.45) is 0 Å². The van der Waals surface area contributed by atoms with E-state index in [2.05, 4.69) is 15.4 Å². The molecule has 0 heterocycles. The van der Waals surface area contributed by atoms with Crippen LogP contribution < -0.4 is 10.6 Å². The summed E-state index contributed by atoms with van der Waals surface area (Å²) < 4.78 is 9.69. The Kier molecular flexibility index (Phi) is 6.15. The van der Waals surface area contributed by atoms with Crippen molar-refractivity contribution >= 4 is 18.0 Å². The molecule has 0 rings (SSSR count). The Morgan fingerprint density at radius 1 is 1.22 bits per heavy atom. The molecule has 0 aliphatic carbocycles. The molecule has 2 N–H and O–H groups in total. The molecule has 0 unspecified atom stereocenters. The Balaban J connectivity index is 4.45. The summed E-state index contributed by atoms with van der Waals surface area (Å²) in [4.78, 5) is 33.6. The van der Waals surface area contributed by atoms with Crippen molar-refractivity contribution < 1.29 is 23.9 Å². The third kappa shape index (κ3) is 7.48. The molecule has 0 saturated carbocycles. The first kappa shape index (κ1) is 16.2. The first-order valence-electron chi connectivity index (χ1n) is 5.50. The maximum absolute atomic E-state index is 11.5. The molecular weight excluding hydrogens is 240 g/mol. The minimum atomic E-state index is -0.978. The Morgan fingerprint density at radius 2 is 1.78 bits per heavy atom. The fraction of sp³-hybridized carbons (Fsp3) is 0.727. The van der Waals surface area contributed by atoms with E-state index < -0.39 is 29.6 Å². The van der Waals surface area contributed by atoms with Crippen LogP contribution in [-0.4, -0.2) is 43.3 Å². The Morgan fingerprint density at radius 3 is 2.17 bits per heavy atom. The molecule has 7 heteroatoms. The van der Waals surface area contributed by atoms with Crippen molar-refractivity contribution in [2.75, 3.05) is 13.7 Å². The van der Waals surface area contributed by atoms with Gasteiger partial charge in [-0.25, -0.2) is 4.79 Å². The van der Waals surface area contributed by atoms with Crippen LogP contribution in [0.2, 0.25) is 0 Å². The molecule has 2 amide bonds. The highest BCUT2D eigenvalue weighted by Crippen LogP contribution is 2.06. The van der Waals surface area contributed by atoms with Gasteiger partial charge in [-0.2, -0.15) is 0 Å². The number of rotatable bonds is 4. The largest absolute Gasteiger partial charge is 0.463 e. The Bertz CT molecular complexity index is 322. The third-order valence-corrected chi connectivity index (χ3v) is 1.71. The highest BCUT2D eigenvalue weighted by Gasteiger charge is 2.24. The topological polar surface area (TPSA) is 93.7 Å². The van der Waals surface area contributed by atoms with Gasteiger partial charge in [-0.3, -0.25) is 9.59 Å². The molecule has 1 atom stereocenters. The molecule has 104 valence electrons. The van der Waals surface area contributed by atoms with Crippen molar-refractivity contribution in [1.29, 1.82) is 0 Å². The summed E-state index contributed by atoms with van der Waals surface area (Å²) in [5.41, 5.74) is -0.668. The van der Waals surface area contributed by atoms with E-state index in [1.54, 1.807) is 20.8 Å². The van der Waals surface area contributed by atoms with E-state index in [0.717, 1.165) is 0 Å². The molecule has 0 radical (unpaired) electrons. The van der Waals surface area contributed by atoms with Crippen LogP contribution in [-0.2, 0) is 19.1 Å². The summed E-state index contributed by atoms with van der Waals surface area (Å²) in [5, 5.41) is 4.69. The van der Waals surface area contributed by atoms with E-state index in [9.17, 15) is 14.4 Å². The van der Waals surface area contributed by atoms with Crippen molar-refractivity contribution in [3.05, 3.63) is 0 Å². The minimum Gasteiger partial charge on any atom is -0.463 e. The average Bonchev–Trinajstić information content (AvgIpc) is 2.20. The van der Waals surface area contributed by atoms with Crippen LogP contribution >= 0.6 is 0 Å². The predicted octanol–water partition coefficient (Wildman–Crippen LogP) is 0.189. The summed E-state index contributed by atoms with van der Waals surface area (Å²) in [5.74, 6) is -1.00. The third-order valence-electron chi connectivity index (χ3n) is 1.71.